The quantitative estimate of drug-likeness (QED) is 0.495. The molecule has 152 valence electrons. The number of hydrogen-bond donors (Lipinski definition) is 3. The van der Waals surface area contributed by atoms with Gasteiger partial charge in [-0.1, -0.05) is 11.2 Å². The van der Waals surface area contributed by atoms with Crippen molar-refractivity contribution in [3.63, 3.8) is 0 Å². The third kappa shape index (κ3) is 4.58. The van der Waals surface area contributed by atoms with E-state index < -0.39 is 0 Å². The fourth-order valence-electron chi connectivity index (χ4n) is 3.40. The van der Waals surface area contributed by atoms with Crippen molar-refractivity contribution < 1.29 is 13.7 Å². The van der Waals surface area contributed by atoms with Gasteiger partial charge in [0.05, 0.1) is 13.2 Å². The van der Waals surface area contributed by atoms with Crippen molar-refractivity contribution in [3.05, 3.63) is 60.0 Å². The van der Waals surface area contributed by atoms with E-state index in [2.05, 4.69) is 31.3 Å². The van der Waals surface area contributed by atoms with Gasteiger partial charge in [0.15, 0.2) is 0 Å². The van der Waals surface area contributed by atoms with Crippen molar-refractivity contribution in [3.8, 4) is 17.1 Å². The maximum Gasteiger partial charge on any atom is 0.228 e. The third-order valence-corrected chi connectivity index (χ3v) is 4.95. The zero-order chi connectivity index (χ0) is 20.1. The van der Waals surface area contributed by atoms with Crippen LogP contribution < -0.4 is 20.9 Å². The second-order valence-electron chi connectivity index (χ2n) is 6.86. The van der Waals surface area contributed by atoms with E-state index in [9.17, 15) is 4.39 Å². The van der Waals surface area contributed by atoms with E-state index in [4.69, 9.17) is 9.26 Å². The lowest BCUT2D eigenvalue weighted by molar-refractivity contribution is 0.371. The van der Waals surface area contributed by atoms with Crippen LogP contribution in [-0.4, -0.2) is 41.9 Å². The Morgan fingerprint density at radius 1 is 1.34 bits per heavy atom. The molecule has 9 heteroatoms. The van der Waals surface area contributed by atoms with Gasteiger partial charge in [-0.25, -0.2) is 9.82 Å². The lowest BCUT2D eigenvalue weighted by atomic mass is 9.94. The number of nitrogens with one attached hydrogen (secondary N) is 3. The summed E-state index contributed by atoms with van der Waals surface area (Å²) < 4.78 is 24.8. The van der Waals surface area contributed by atoms with Crippen molar-refractivity contribution in [2.75, 3.05) is 26.7 Å². The SMILES string of the molecule is COc1ccc(C2NNCC2CNCCc2nc(-c3cccnc3)no2)c(F)c1. The zero-order valence-electron chi connectivity index (χ0n) is 16.1. The van der Waals surface area contributed by atoms with Crippen LogP contribution in [0.15, 0.2) is 47.2 Å². The van der Waals surface area contributed by atoms with Crippen LogP contribution in [-0.2, 0) is 6.42 Å². The van der Waals surface area contributed by atoms with Crippen molar-refractivity contribution in [2.45, 2.75) is 12.5 Å². The van der Waals surface area contributed by atoms with Crippen LogP contribution in [0.25, 0.3) is 11.4 Å². The average molecular weight is 398 g/mol. The molecule has 1 aliphatic heterocycles. The van der Waals surface area contributed by atoms with Gasteiger partial charge >= 0.3 is 0 Å². The van der Waals surface area contributed by atoms with Crippen LogP contribution in [0.2, 0.25) is 0 Å². The molecule has 3 N–H and O–H groups in total. The first kappa shape index (κ1) is 19.4. The normalized spacial score (nSPS) is 18.8. The first-order valence-corrected chi connectivity index (χ1v) is 9.50. The molecule has 1 aromatic carbocycles. The lowest BCUT2D eigenvalue weighted by Crippen LogP contribution is -2.30. The molecule has 0 amide bonds. The van der Waals surface area contributed by atoms with Crippen LogP contribution in [0.1, 0.15) is 17.5 Å². The van der Waals surface area contributed by atoms with Gasteiger partial charge in [-0.15, -0.1) is 0 Å². The fraction of sp³-hybridized carbons (Fsp3) is 0.350. The standard InChI is InChI=1S/C20H23FN6O2/c1-28-15-4-5-16(17(21)9-15)19-14(12-24-26-19)11-23-8-6-18-25-20(27-29-18)13-3-2-7-22-10-13/h2-5,7,9-10,14,19,23-24,26H,6,8,11-12H2,1H3. The Morgan fingerprint density at radius 2 is 2.28 bits per heavy atom. The maximum atomic E-state index is 14.4. The van der Waals surface area contributed by atoms with Gasteiger partial charge in [-0.3, -0.25) is 10.4 Å². The van der Waals surface area contributed by atoms with Gasteiger partial charge in [0.25, 0.3) is 0 Å². The minimum atomic E-state index is -0.274. The summed E-state index contributed by atoms with van der Waals surface area (Å²) in [5.74, 6) is 1.54. The molecule has 2 aromatic heterocycles. The van der Waals surface area contributed by atoms with E-state index in [1.807, 2.05) is 12.1 Å². The van der Waals surface area contributed by atoms with Gasteiger partial charge in [0, 0.05) is 61.6 Å². The van der Waals surface area contributed by atoms with E-state index >= 15 is 0 Å². The Morgan fingerprint density at radius 3 is 3.07 bits per heavy atom. The molecule has 29 heavy (non-hydrogen) atoms. The smallest absolute Gasteiger partial charge is 0.228 e. The van der Waals surface area contributed by atoms with Crippen LogP contribution in [0.3, 0.4) is 0 Å². The van der Waals surface area contributed by atoms with E-state index in [-0.39, 0.29) is 17.8 Å². The highest BCUT2D eigenvalue weighted by atomic mass is 19.1. The molecule has 1 fully saturated rings. The molecule has 2 atom stereocenters. The van der Waals surface area contributed by atoms with Crippen molar-refractivity contribution >= 4 is 0 Å². The second kappa shape index (κ2) is 9.08. The number of rotatable bonds is 8. The summed E-state index contributed by atoms with van der Waals surface area (Å²) in [7, 11) is 1.53. The van der Waals surface area contributed by atoms with Crippen molar-refractivity contribution in [1.82, 2.24) is 31.3 Å². The monoisotopic (exact) mass is 398 g/mol. The molecule has 1 saturated heterocycles. The maximum absolute atomic E-state index is 14.4. The van der Waals surface area contributed by atoms with Gasteiger partial charge in [0.2, 0.25) is 11.7 Å². The number of pyridine rings is 1. The molecule has 0 spiro atoms. The summed E-state index contributed by atoms with van der Waals surface area (Å²) in [4.78, 5) is 8.45. The molecule has 3 heterocycles. The molecular formula is C20H23FN6O2. The molecule has 0 aliphatic carbocycles. The molecule has 0 saturated carbocycles. The highest BCUT2D eigenvalue weighted by Gasteiger charge is 2.30. The summed E-state index contributed by atoms with van der Waals surface area (Å²) in [6.45, 7) is 2.15. The molecular weight excluding hydrogens is 375 g/mol. The molecule has 0 radical (unpaired) electrons. The zero-order valence-corrected chi connectivity index (χ0v) is 16.1. The fourth-order valence-corrected chi connectivity index (χ4v) is 3.40. The molecule has 3 aromatic rings. The number of halogens is 1. The van der Waals surface area contributed by atoms with Gasteiger partial charge in [-0.05, 0) is 18.2 Å². The summed E-state index contributed by atoms with van der Waals surface area (Å²) in [6, 6.07) is 8.56. The number of ether oxygens (including phenoxy) is 1. The minimum Gasteiger partial charge on any atom is -0.497 e. The van der Waals surface area contributed by atoms with Crippen LogP contribution in [0.5, 0.6) is 5.75 Å². The largest absolute Gasteiger partial charge is 0.497 e. The van der Waals surface area contributed by atoms with E-state index in [0.29, 0.717) is 36.0 Å². The number of methoxy groups -OCH3 is 1. The first-order chi connectivity index (χ1) is 14.2. The number of hydrazine groups is 1. The van der Waals surface area contributed by atoms with Crippen LogP contribution in [0.4, 0.5) is 4.39 Å². The first-order valence-electron chi connectivity index (χ1n) is 9.50. The Balaban J connectivity index is 1.29. The third-order valence-electron chi connectivity index (χ3n) is 4.95. The number of aromatic nitrogens is 3. The minimum absolute atomic E-state index is 0.117. The Kier molecular flexibility index (Phi) is 6.09. The van der Waals surface area contributed by atoms with Gasteiger partial charge < -0.3 is 14.6 Å². The lowest BCUT2D eigenvalue weighted by Gasteiger charge is -2.20. The molecule has 2 unspecified atom stereocenters. The number of nitrogens with zero attached hydrogens (tertiary/aromatic N) is 3. The van der Waals surface area contributed by atoms with Crippen molar-refractivity contribution in [2.24, 2.45) is 5.92 Å². The van der Waals surface area contributed by atoms with Gasteiger partial charge in [-0.2, -0.15) is 4.98 Å². The number of benzene rings is 1. The Labute approximate surface area is 167 Å². The number of hydrogen-bond acceptors (Lipinski definition) is 8. The highest BCUT2D eigenvalue weighted by molar-refractivity contribution is 5.51. The molecule has 8 nitrogen and oxygen atoms in total. The Hall–Kier alpha value is -2.88. The average Bonchev–Trinajstić information content (AvgIpc) is 3.41. The predicted molar refractivity (Wildman–Crippen MR) is 104 cm³/mol. The van der Waals surface area contributed by atoms with Crippen molar-refractivity contribution in [1.29, 1.82) is 0 Å². The van der Waals surface area contributed by atoms with Crippen LogP contribution >= 0.6 is 0 Å². The summed E-state index contributed by atoms with van der Waals surface area (Å²) in [6.07, 6.45) is 4.01. The highest BCUT2D eigenvalue weighted by Crippen LogP contribution is 2.28. The van der Waals surface area contributed by atoms with E-state index in [0.717, 1.165) is 18.7 Å². The molecule has 0 bridgehead atoms. The van der Waals surface area contributed by atoms with E-state index in [1.165, 1.54) is 13.2 Å². The van der Waals surface area contributed by atoms with Gasteiger partial charge in [0.1, 0.15) is 11.6 Å². The Bertz CT molecular complexity index is 936. The summed E-state index contributed by atoms with van der Waals surface area (Å²) >= 11 is 0. The molecule has 4 rings (SSSR count). The summed E-state index contributed by atoms with van der Waals surface area (Å²) in [5.41, 5.74) is 7.73. The topological polar surface area (TPSA) is 97.1 Å². The summed E-state index contributed by atoms with van der Waals surface area (Å²) in [5, 5.41) is 7.39. The predicted octanol–water partition coefficient (Wildman–Crippen LogP) is 1.88. The molecule has 1 aliphatic rings. The van der Waals surface area contributed by atoms with Crippen LogP contribution in [0, 0.1) is 11.7 Å². The second-order valence-corrected chi connectivity index (χ2v) is 6.86. The van der Waals surface area contributed by atoms with E-state index in [1.54, 1.807) is 24.5 Å².